The highest BCUT2D eigenvalue weighted by atomic mass is 16.5. The molecule has 0 aliphatic carbocycles. The van der Waals surface area contributed by atoms with Gasteiger partial charge in [-0.25, -0.2) is 0 Å². The summed E-state index contributed by atoms with van der Waals surface area (Å²) in [5.41, 5.74) is 0. The molecule has 0 heterocycles. The summed E-state index contributed by atoms with van der Waals surface area (Å²) in [4.78, 5) is 2.40. The first-order chi connectivity index (χ1) is 8.02. The van der Waals surface area contributed by atoms with Crippen LogP contribution in [0.5, 0.6) is 0 Å². The molecule has 0 aromatic heterocycles. The van der Waals surface area contributed by atoms with Gasteiger partial charge in [0.2, 0.25) is 0 Å². The van der Waals surface area contributed by atoms with Crippen LogP contribution < -0.4 is 0 Å². The Balaban J connectivity index is 3.13. The summed E-state index contributed by atoms with van der Waals surface area (Å²) < 4.78 is 5.64. The molecule has 0 saturated heterocycles. The Labute approximate surface area is 109 Å². The molecule has 2 heteroatoms. The molecule has 0 bridgehead atoms. The maximum atomic E-state index is 5.64. The van der Waals surface area contributed by atoms with Crippen LogP contribution in [0.25, 0.3) is 0 Å². The summed E-state index contributed by atoms with van der Waals surface area (Å²) in [6.07, 6.45) is 5.03. The molecule has 0 aliphatic rings. The van der Waals surface area contributed by atoms with Crippen molar-refractivity contribution in [3.8, 4) is 0 Å². The average molecular weight is 243 g/mol. The minimum atomic E-state index is 0.761. The van der Waals surface area contributed by atoms with E-state index in [1.54, 1.807) is 0 Å². The van der Waals surface area contributed by atoms with Crippen molar-refractivity contribution in [1.29, 1.82) is 0 Å². The fourth-order valence-corrected chi connectivity index (χ4v) is 2.01. The van der Waals surface area contributed by atoms with Gasteiger partial charge in [-0.1, -0.05) is 40.5 Å². The molecule has 0 fully saturated rings. The van der Waals surface area contributed by atoms with Crippen LogP contribution in [0.2, 0.25) is 0 Å². The van der Waals surface area contributed by atoms with Crippen molar-refractivity contribution < 1.29 is 4.74 Å². The lowest BCUT2D eigenvalue weighted by Gasteiger charge is -2.18. The molecule has 2 nitrogen and oxygen atoms in total. The van der Waals surface area contributed by atoms with E-state index in [1.807, 2.05) is 0 Å². The maximum Gasteiger partial charge on any atom is 0.0478 e. The van der Waals surface area contributed by atoms with Crippen LogP contribution in [-0.2, 0) is 4.74 Å². The maximum absolute atomic E-state index is 5.64. The minimum Gasteiger partial charge on any atom is -0.381 e. The van der Waals surface area contributed by atoms with Crippen molar-refractivity contribution in [2.75, 3.05) is 33.4 Å². The zero-order chi connectivity index (χ0) is 13.1. The highest BCUT2D eigenvalue weighted by molar-refractivity contribution is 4.54. The molecule has 0 N–H and O–H groups in total. The van der Waals surface area contributed by atoms with Crippen LogP contribution in [0, 0.1) is 11.8 Å². The first-order valence-electron chi connectivity index (χ1n) is 7.28. The Hall–Kier alpha value is -0.0800. The van der Waals surface area contributed by atoms with E-state index >= 15 is 0 Å². The van der Waals surface area contributed by atoms with Crippen molar-refractivity contribution in [3.63, 3.8) is 0 Å². The first-order valence-corrected chi connectivity index (χ1v) is 7.28. The van der Waals surface area contributed by atoms with E-state index in [4.69, 9.17) is 4.74 Å². The molecule has 0 spiro atoms. The third-order valence-electron chi connectivity index (χ3n) is 2.83. The van der Waals surface area contributed by atoms with Crippen LogP contribution >= 0.6 is 0 Å². The van der Waals surface area contributed by atoms with E-state index in [0.717, 1.165) is 38.0 Å². The van der Waals surface area contributed by atoms with E-state index in [1.165, 1.54) is 25.8 Å². The Kier molecular flexibility index (Phi) is 11.0. The molecule has 0 amide bonds. The third-order valence-corrected chi connectivity index (χ3v) is 2.83. The second-order valence-electron chi connectivity index (χ2n) is 6.01. The van der Waals surface area contributed by atoms with E-state index in [0.29, 0.717) is 0 Å². The van der Waals surface area contributed by atoms with Crippen molar-refractivity contribution in [2.24, 2.45) is 11.8 Å². The average Bonchev–Trinajstić information content (AvgIpc) is 2.20. The third kappa shape index (κ3) is 13.9. The standard InChI is InChI=1S/C15H33NO/c1-14(2)9-6-7-11-17-12-8-10-16(5)13-15(3)4/h14-15H,6-13H2,1-5H3. The van der Waals surface area contributed by atoms with Crippen LogP contribution in [-0.4, -0.2) is 38.3 Å². The lowest BCUT2D eigenvalue weighted by molar-refractivity contribution is 0.118. The second kappa shape index (κ2) is 11.0. The number of nitrogens with zero attached hydrogens (tertiary/aromatic N) is 1. The molecular weight excluding hydrogens is 210 g/mol. The predicted octanol–water partition coefficient (Wildman–Crippen LogP) is 3.81. The van der Waals surface area contributed by atoms with E-state index < -0.39 is 0 Å². The van der Waals surface area contributed by atoms with Gasteiger partial charge in [0, 0.05) is 26.3 Å². The number of hydrogen-bond acceptors (Lipinski definition) is 2. The lowest BCUT2D eigenvalue weighted by Crippen LogP contribution is -2.25. The first kappa shape index (κ1) is 16.9. The number of ether oxygens (including phenoxy) is 1. The van der Waals surface area contributed by atoms with Crippen molar-refractivity contribution >= 4 is 0 Å². The topological polar surface area (TPSA) is 12.5 Å². The van der Waals surface area contributed by atoms with Gasteiger partial charge in [-0.2, -0.15) is 0 Å². The molecule has 17 heavy (non-hydrogen) atoms. The summed E-state index contributed by atoms with van der Waals surface area (Å²) in [5.74, 6) is 1.59. The highest BCUT2D eigenvalue weighted by Gasteiger charge is 2.01. The van der Waals surface area contributed by atoms with Crippen LogP contribution in [0.15, 0.2) is 0 Å². The zero-order valence-corrected chi connectivity index (χ0v) is 12.7. The van der Waals surface area contributed by atoms with E-state index in [2.05, 4.69) is 39.6 Å². The van der Waals surface area contributed by atoms with Gasteiger partial charge in [0.05, 0.1) is 0 Å². The van der Waals surface area contributed by atoms with Gasteiger partial charge < -0.3 is 9.64 Å². The molecule has 0 atom stereocenters. The van der Waals surface area contributed by atoms with E-state index in [-0.39, 0.29) is 0 Å². The molecule has 0 aliphatic heterocycles. The molecule has 0 radical (unpaired) electrons. The summed E-state index contributed by atoms with van der Waals surface area (Å²) in [5, 5.41) is 0. The van der Waals surface area contributed by atoms with Gasteiger partial charge in [-0.3, -0.25) is 0 Å². The van der Waals surface area contributed by atoms with Gasteiger partial charge in [-0.15, -0.1) is 0 Å². The van der Waals surface area contributed by atoms with Crippen molar-refractivity contribution in [3.05, 3.63) is 0 Å². The fraction of sp³-hybridized carbons (Fsp3) is 1.00. The smallest absolute Gasteiger partial charge is 0.0478 e. The largest absolute Gasteiger partial charge is 0.381 e. The Morgan fingerprint density at radius 2 is 1.53 bits per heavy atom. The van der Waals surface area contributed by atoms with Crippen molar-refractivity contribution in [2.45, 2.75) is 53.4 Å². The van der Waals surface area contributed by atoms with Gasteiger partial charge >= 0.3 is 0 Å². The van der Waals surface area contributed by atoms with Crippen molar-refractivity contribution in [1.82, 2.24) is 4.90 Å². The fourth-order valence-electron chi connectivity index (χ4n) is 2.01. The molecule has 104 valence electrons. The second-order valence-corrected chi connectivity index (χ2v) is 6.01. The molecule has 0 aromatic rings. The monoisotopic (exact) mass is 243 g/mol. The van der Waals surface area contributed by atoms with Gasteiger partial charge in [0.1, 0.15) is 0 Å². The number of unbranched alkanes of at least 4 members (excludes halogenated alkanes) is 1. The summed E-state index contributed by atoms with van der Waals surface area (Å²) >= 11 is 0. The highest BCUT2D eigenvalue weighted by Crippen LogP contribution is 2.06. The Morgan fingerprint density at radius 1 is 0.882 bits per heavy atom. The molecule has 0 aromatic carbocycles. The minimum absolute atomic E-state index is 0.761. The molecule has 0 rings (SSSR count). The van der Waals surface area contributed by atoms with Crippen LogP contribution in [0.1, 0.15) is 53.4 Å². The summed E-state index contributed by atoms with van der Waals surface area (Å²) in [7, 11) is 2.20. The molecule has 0 saturated carbocycles. The number of rotatable bonds is 11. The quantitative estimate of drug-likeness (QED) is 0.512. The molecular formula is C15H33NO. The van der Waals surface area contributed by atoms with Gasteiger partial charge in [0.15, 0.2) is 0 Å². The summed E-state index contributed by atoms with van der Waals surface area (Å²) in [6, 6.07) is 0. The summed E-state index contributed by atoms with van der Waals surface area (Å²) in [6.45, 7) is 13.3. The zero-order valence-electron chi connectivity index (χ0n) is 12.7. The number of hydrogen-bond donors (Lipinski definition) is 0. The normalized spacial score (nSPS) is 12.0. The Bertz CT molecular complexity index is 157. The lowest BCUT2D eigenvalue weighted by atomic mass is 10.1. The van der Waals surface area contributed by atoms with Gasteiger partial charge in [-0.05, 0) is 31.7 Å². The van der Waals surface area contributed by atoms with Crippen LogP contribution in [0.4, 0.5) is 0 Å². The Morgan fingerprint density at radius 3 is 2.12 bits per heavy atom. The SMILES string of the molecule is CC(C)CCCCOCCCN(C)CC(C)C. The van der Waals surface area contributed by atoms with Gasteiger partial charge in [0.25, 0.3) is 0 Å². The van der Waals surface area contributed by atoms with Crippen LogP contribution in [0.3, 0.4) is 0 Å². The predicted molar refractivity (Wildman–Crippen MR) is 76.5 cm³/mol. The molecule has 0 unspecified atom stereocenters. The van der Waals surface area contributed by atoms with E-state index in [9.17, 15) is 0 Å².